The molecule has 0 saturated heterocycles. The van der Waals surface area contributed by atoms with Crippen molar-refractivity contribution in [2.45, 2.75) is 28.4 Å². The predicted octanol–water partition coefficient (Wildman–Crippen LogP) is 4.44. The molecule has 0 aliphatic rings. The Labute approximate surface area is 184 Å². The molecule has 1 aromatic heterocycles. The topological polar surface area (TPSA) is 101 Å². The van der Waals surface area contributed by atoms with E-state index in [0.717, 1.165) is 4.90 Å². The van der Waals surface area contributed by atoms with Crippen LogP contribution < -0.4 is 10.0 Å². The standard InChI is InChI=1S/C20H19ClN4O3S2/c1-2-18(29-16-8-4-14(21)5-9-16)19(26)24-15-6-10-17(11-7-15)30(27,28)25-20-22-12-3-13-23-20/h3-13,18H,2H2,1H3,(H,24,26)(H,22,23,25). The number of hydrogen-bond acceptors (Lipinski definition) is 6. The van der Waals surface area contributed by atoms with E-state index in [9.17, 15) is 13.2 Å². The van der Waals surface area contributed by atoms with Crippen LogP contribution in [-0.2, 0) is 14.8 Å². The molecule has 1 amide bonds. The second-order valence-corrected chi connectivity index (χ2v) is 9.56. The second kappa shape index (κ2) is 9.92. The first-order chi connectivity index (χ1) is 14.4. The summed E-state index contributed by atoms with van der Waals surface area (Å²) in [5.41, 5.74) is 0.505. The van der Waals surface area contributed by atoms with Crippen molar-refractivity contribution >= 4 is 50.9 Å². The fourth-order valence-corrected chi connectivity index (χ4v) is 4.51. The molecule has 2 aromatic carbocycles. The van der Waals surface area contributed by atoms with Gasteiger partial charge in [-0.05, 0) is 61.0 Å². The van der Waals surface area contributed by atoms with Gasteiger partial charge in [-0.2, -0.15) is 0 Å². The van der Waals surface area contributed by atoms with Gasteiger partial charge in [-0.3, -0.25) is 4.79 Å². The summed E-state index contributed by atoms with van der Waals surface area (Å²) in [5, 5.41) is 3.17. The summed E-state index contributed by atoms with van der Waals surface area (Å²) in [6.45, 7) is 1.93. The van der Waals surface area contributed by atoms with Gasteiger partial charge in [-0.15, -0.1) is 11.8 Å². The number of halogens is 1. The van der Waals surface area contributed by atoms with Gasteiger partial charge in [-0.25, -0.2) is 23.1 Å². The van der Waals surface area contributed by atoms with E-state index in [4.69, 9.17) is 11.6 Å². The Morgan fingerprint density at radius 3 is 2.30 bits per heavy atom. The average molecular weight is 463 g/mol. The van der Waals surface area contributed by atoms with Crippen LogP contribution in [0.4, 0.5) is 11.6 Å². The number of rotatable bonds is 8. The van der Waals surface area contributed by atoms with Crippen LogP contribution in [-0.4, -0.2) is 29.5 Å². The minimum Gasteiger partial charge on any atom is -0.325 e. The van der Waals surface area contributed by atoms with Crippen molar-refractivity contribution in [1.82, 2.24) is 9.97 Å². The minimum atomic E-state index is -3.83. The molecule has 10 heteroatoms. The number of thioether (sulfide) groups is 1. The second-order valence-electron chi connectivity index (χ2n) is 6.16. The fraction of sp³-hybridized carbons (Fsp3) is 0.150. The van der Waals surface area contributed by atoms with E-state index >= 15 is 0 Å². The first-order valence-electron chi connectivity index (χ1n) is 9.00. The van der Waals surface area contributed by atoms with E-state index in [1.165, 1.54) is 48.4 Å². The minimum absolute atomic E-state index is 0.0140. The van der Waals surface area contributed by atoms with Crippen LogP contribution in [0.5, 0.6) is 0 Å². The lowest BCUT2D eigenvalue weighted by Gasteiger charge is -2.15. The van der Waals surface area contributed by atoms with E-state index in [1.807, 2.05) is 19.1 Å². The number of aromatic nitrogens is 2. The molecule has 30 heavy (non-hydrogen) atoms. The van der Waals surface area contributed by atoms with Crippen molar-refractivity contribution in [1.29, 1.82) is 0 Å². The van der Waals surface area contributed by atoms with Crippen molar-refractivity contribution in [3.05, 3.63) is 72.0 Å². The summed E-state index contributed by atoms with van der Waals surface area (Å²) in [6, 6.07) is 14.8. The fourth-order valence-electron chi connectivity index (χ4n) is 2.47. The number of anilines is 2. The van der Waals surface area contributed by atoms with Crippen LogP contribution in [0.1, 0.15) is 13.3 Å². The summed E-state index contributed by atoms with van der Waals surface area (Å²) in [6.07, 6.45) is 3.51. The lowest BCUT2D eigenvalue weighted by Crippen LogP contribution is -2.24. The third-order valence-corrected chi connectivity index (χ3v) is 6.95. The molecule has 1 atom stereocenters. The van der Waals surface area contributed by atoms with Gasteiger partial charge in [0.1, 0.15) is 0 Å². The molecule has 2 N–H and O–H groups in total. The Hall–Kier alpha value is -2.62. The number of carbonyl (C=O) groups is 1. The quantitative estimate of drug-likeness (QED) is 0.480. The summed E-state index contributed by atoms with van der Waals surface area (Å²) in [7, 11) is -3.83. The molecule has 1 heterocycles. The highest BCUT2D eigenvalue weighted by Crippen LogP contribution is 2.28. The van der Waals surface area contributed by atoms with Gasteiger partial charge in [-0.1, -0.05) is 18.5 Å². The first-order valence-corrected chi connectivity index (χ1v) is 11.7. The number of carbonyl (C=O) groups excluding carboxylic acids is 1. The van der Waals surface area contributed by atoms with Crippen LogP contribution in [0.2, 0.25) is 5.02 Å². The Bertz CT molecular complexity index is 1090. The molecule has 0 spiro atoms. The van der Waals surface area contributed by atoms with Gasteiger partial charge < -0.3 is 5.32 Å². The first kappa shape index (κ1) is 22.1. The van der Waals surface area contributed by atoms with Crippen molar-refractivity contribution in [2.75, 3.05) is 10.0 Å². The predicted molar refractivity (Wildman–Crippen MR) is 119 cm³/mol. The van der Waals surface area contributed by atoms with Crippen LogP contribution in [0.15, 0.2) is 76.8 Å². The highest BCUT2D eigenvalue weighted by atomic mass is 35.5. The van der Waals surface area contributed by atoms with Crippen molar-refractivity contribution in [3.63, 3.8) is 0 Å². The molecule has 0 fully saturated rings. The Morgan fingerprint density at radius 2 is 1.70 bits per heavy atom. The monoisotopic (exact) mass is 462 g/mol. The molecule has 0 radical (unpaired) electrons. The number of benzene rings is 2. The molecule has 0 aliphatic heterocycles. The van der Waals surface area contributed by atoms with Gasteiger partial charge in [0.2, 0.25) is 11.9 Å². The molecule has 3 rings (SSSR count). The Balaban J connectivity index is 1.65. The maximum absolute atomic E-state index is 12.6. The Morgan fingerprint density at radius 1 is 1.07 bits per heavy atom. The molecule has 0 aliphatic carbocycles. The van der Waals surface area contributed by atoms with Crippen LogP contribution >= 0.6 is 23.4 Å². The molecule has 3 aromatic rings. The van der Waals surface area contributed by atoms with Gasteiger partial charge in [0, 0.05) is 28.0 Å². The normalized spacial score (nSPS) is 12.2. The van der Waals surface area contributed by atoms with Crippen molar-refractivity contribution in [3.8, 4) is 0 Å². The maximum atomic E-state index is 12.6. The van der Waals surface area contributed by atoms with E-state index < -0.39 is 10.0 Å². The summed E-state index contributed by atoms with van der Waals surface area (Å²) in [4.78, 5) is 21.3. The number of nitrogens with one attached hydrogen (secondary N) is 2. The highest BCUT2D eigenvalue weighted by molar-refractivity contribution is 8.00. The highest BCUT2D eigenvalue weighted by Gasteiger charge is 2.19. The molecule has 7 nitrogen and oxygen atoms in total. The third-order valence-electron chi connectivity index (χ3n) is 3.98. The van der Waals surface area contributed by atoms with Gasteiger partial charge in [0.05, 0.1) is 10.1 Å². The van der Waals surface area contributed by atoms with Crippen molar-refractivity contribution in [2.24, 2.45) is 0 Å². The van der Waals surface area contributed by atoms with Gasteiger partial charge in [0.15, 0.2) is 0 Å². The molecule has 0 saturated carbocycles. The SMILES string of the molecule is CCC(Sc1ccc(Cl)cc1)C(=O)Nc1ccc(S(=O)(=O)Nc2ncccn2)cc1. The van der Waals surface area contributed by atoms with E-state index in [0.29, 0.717) is 17.1 Å². The molecule has 0 bridgehead atoms. The van der Waals surface area contributed by atoms with Gasteiger partial charge >= 0.3 is 0 Å². The number of nitrogens with zero attached hydrogens (tertiary/aromatic N) is 2. The largest absolute Gasteiger partial charge is 0.325 e. The lowest BCUT2D eigenvalue weighted by atomic mass is 10.3. The smallest absolute Gasteiger partial charge is 0.264 e. The van der Waals surface area contributed by atoms with Crippen LogP contribution in [0.3, 0.4) is 0 Å². The number of hydrogen-bond donors (Lipinski definition) is 2. The zero-order chi connectivity index (χ0) is 21.6. The Kier molecular flexibility index (Phi) is 7.30. The van der Waals surface area contributed by atoms with E-state index in [1.54, 1.807) is 18.2 Å². The number of amides is 1. The van der Waals surface area contributed by atoms with Crippen LogP contribution in [0, 0.1) is 0 Å². The maximum Gasteiger partial charge on any atom is 0.264 e. The molecular formula is C20H19ClN4O3S2. The number of sulfonamides is 1. The molecular weight excluding hydrogens is 444 g/mol. The molecule has 1 unspecified atom stereocenters. The third kappa shape index (κ3) is 5.94. The van der Waals surface area contributed by atoms with Crippen LogP contribution in [0.25, 0.3) is 0 Å². The van der Waals surface area contributed by atoms with E-state index in [-0.39, 0.29) is 22.0 Å². The van der Waals surface area contributed by atoms with E-state index in [2.05, 4.69) is 20.0 Å². The van der Waals surface area contributed by atoms with Crippen molar-refractivity contribution < 1.29 is 13.2 Å². The zero-order valence-electron chi connectivity index (χ0n) is 15.9. The summed E-state index contributed by atoms with van der Waals surface area (Å²) in [5.74, 6) is -0.177. The zero-order valence-corrected chi connectivity index (χ0v) is 18.3. The molecule has 156 valence electrons. The summed E-state index contributed by atoms with van der Waals surface area (Å²) >= 11 is 7.34. The lowest BCUT2D eigenvalue weighted by molar-refractivity contribution is -0.115. The average Bonchev–Trinajstić information content (AvgIpc) is 2.74. The summed E-state index contributed by atoms with van der Waals surface area (Å²) < 4.78 is 27.2. The van der Waals surface area contributed by atoms with Gasteiger partial charge in [0.25, 0.3) is 10.0 Å².